The van der Waals surface area contributed by atoms with Crippen molar-refractivity contribution >= 4 is 44.1 Å². The van der Waals surface area contributed by atoms with Crippen molar-refractivity contribution in [3.05, 3.63) is 94.6 Å². The number of aliphatic hydroxyl groups excluding tert-OH is 1. The molecule has 6 nitrogen and oxygen atoms in total. The molecule has 0 aliphatic carbocycles. The van der Waals surface area contributed by atoms with Crippen LogP contribution in [0.1, 0.15) is 22.7 Å². The van der Waals surface area contributed by atoms with Crippen LogP contribution in [0.2, 0.25) is 0 Å². The third kappa shape index (κ3) is 3.74. The van der Waals surface area contributed by atoms with Gasteiger partial charge < -0.3 is 9.84 Å². The number of anilines is 1. The second-order valence-electron chi connectivity index (χ2n) is 8.01. The van der Waals surface area contributed by atoms with Gasteiger partial charge in [0.05, 0.1) is 29.0 Å². The zero-order chi connectivity index (χ0) is 24.9. The van der Waals surface area contributed by atoms with Crippen LogP contribution in [0.25, 0.3) is 16.0 Å². The highest BCUT2D eigenvalue weighted by Gasteiger charge is 2.48. The number of amides is 1. The van der Waals surface area contributed by atoms with Gasteiger partial charge >= 0.3 is 5.91 Å². The first-order valence-electron chi connectivity index (χ1n) is 10.6. The lowest BCUT2D eigenvalue weighted by atomic mass is 9.94. The van der Waals surface area contributed by atoms with Gasteiger partial charge in [-0.25, -0.2) is 13.8 Å². The number of hydrogen-bond acceptors (Lipinski definition) is 6. The van der Waals surface area contributed by atoms with Gasteiger partial charge in [-0.1, -0.05) is 53.3 Å². The lowest BCUT2D eigenvalue weighted by Gasteiger charge is -2.23. The molecule has 3 aromatic carbocycles. The van der Waals surface area contributed by atoms with Crippen LogP contribution in [0.3, 0.4) is 0 Å². The quantitative estimate of drug-likeness (QED) is 0.231. The van der Waals surface area contributed by atoms with Crippen LogP contribution in [0, 0.1) is 18.6 Å². The fourth-order valence-electron chi connectivity index (χ4n) is 4.22. The summed E-state index contributed by atoms with van der Waals surface area (Å²) in [7, 11) is 1.43. The van der Waals surface area contributed by atoms with E-state index in [1.807, 2.05) is 13.0 Å². The maximum Gasteiger partial charge on any atom is 0.301 e. The van der Waals surface area contributed by atoms with Crippen molar-refractivity contribution in [2.45, 2.75) is 13.0 Å². The molecular weight excluding hydrogens is 474 g/mol. The number of carbonyl (C=O) groups excluding carboxylic acids is 2. The maximum absolute atomic E-state index is 14.4. The molecule has 0 radical (unpaired) electrons. The van der Waals surface area contributed by atoms with Crippen LogP contribution in [0.4, 0.5) is 13.9 Å². The Kier molecular flexibility index (Phi) is 5.56. The number of halogens is 2. The Balaban J connectivity index is 1.77. The Morgan fingerprint density at radius 1 is 1.09 bits per heavy atom. The Morgan fingerprint density at radius 3 is 2.60 bits per heavy atom. The highest BCUT2D eigenvalue weighted by Crippen LogP contribution is 2.45. The van der Waals surface area contributed by atoms with Crippen LogP contribution in [-0.2, 0) is 9.59 Å². The molecule has 1 saturated heterocycles. The predicted octanol–water partition coefficient (Wildman–Crippen LogP) is 5.52. The monoisotopic (exact) mass is 492 g/mol. The molecular formula is C26H18F2N2O4S. The van der Waals surface area contributed by atoms with Gasteiger partial charge in [0.25, 0.3) is 5.78 Å². The molecule has 5 rings (SSSR count). The topological polar surface area (TPSA) is 79.7 Å². The molecule has 1 atom stereocenters. The number of aromatic nitrogens is 1. The predicted molar refractivity (Wildman–Crippen MR) is 128 cm³/mol. The van der Waals surface area contributed by atoms with Crippen molar-refractivity contribution in [1.82, 2.24) is 4.98 Å². The van der Waals surface area contributed by atoms with Crippen molar-refractivity contribution in [3.63, 3.8) is 0 Å². The number of rotatable bonds is 4. The largest absolute Gasteiger partial charge is 0.507 e. The van der Waals surface area contributed by atoms with E-state index in [4.69, 9.17) is 4.74 Å². The van der Waals surface area contributed by atoms with Gasteiger partial charge in [-0.05, 0) is 30.7 Å². The van der Waals surface area contributed by atoms with Gasteiger partial charge in [-0.15, -0.1) is 0 Å². The third-order valence-electron chi connectivity index (χ3n) is 5.77. The molecule has 1 aromatic heterocycles. The smallest absolute Gasteiger partial charge is 0.301 e. The van der Waals surface area contributed by atoms with E-state index in [9.17, 15) is 23.5 Å². The fourth-order valence-corrected chi connectivity index (χ4v) is 5.25. The Bertz CT molecular complexity index is 1550. The third-order valence-corrected chi connectivity index (χ3v) is 6.77. The summed E-state index contributed by atoms with van der Waals surface area (Å²) >= 11 is 0.881. The van der Waals surface area contributed by atoms with Gasteiger partial charge in [0.1, 0.15) is 22.8 Å². The molecule has 1 aliphatic rings. The molecule has 0 spiro atoms. The van der Waals surface area contributed by atoms with Crippen molar-refractivity contribution in [2.75, 3.05) is 12.0 Å². The zero-order valence-corrected chi connectivity index (χ0v) is 19.4. The normalized spacial score (nSPS) is 17.4. The van der Waals surface area contributed by atoms with Crippen molar-refractivity contribution < 1.29 is 28.2 Å². The van der Waals surface area contributed by atoms with E-state index in [0.717, 1.165) is 27.9 Å². The molecule has 4 aromatic rings. The lowest BCUT2D eigenvalue weighted by molar-refractivity contribution is -0.132. The number of benzene rings is 3. The first kappa shape index (κ1) is 22.7. The summed E-state index contributed by atoms with van der Waals surface area (Å²) in [6, 6.07) is 14.5. The van der Waals surface area contributed by atoms with Gasteiger partial charge in [-0.3, -0.25) is 14.5 Å². The van der Waals surface area contributed by atoms with Crippen molar-refractivity contribution in [2.24, 2.45) is 0 Å². The van der Waals surface area contributed by atoms with E-state index in [2.05, 4.69) is 4.98 Å². The number of hydrogen-bond donors (Lipinski definition) is 1. The van der Waals surface area contributed by atoms with E-state index < -0.39 is 35.1 Å². The SMILES string of the molecule is COc1ccccc1/C(O)=C1\C(=O)C(=O)N(c2nc3c(F)cc(F)cc3s2)C1c1cccc(C)c1. The Hall–Kier alpha value is -4.11. The second-order valence-corrected chi connectivity index (χ2v) is 9.02. The molecule has 0 bridgehead atoms. The molecule has 176 valence electrons. The second kappa shape index (κ2) is 8.59. The molecule has 0 saturated carbocycles. The van der Waals surface area contributed by atoms with Crippen LogP contribution >= 0.6 is 11.3 Å². The first-order chi connectivity index (χ1) is 16.8. The lowest BCUT2D eigenvalue weighted by Crippen LogP contribution is -2.29. The van der Waals surface area contributed by atoms with E-state index in [0.29, 0.717) is 17.4 Å². The molecule has 1 unspecified atom stereocenters. The standard InChI is InChI=1S/C26H18F2N2O4S/c1-13-6-5-7-14(10-13)22-20(23(31)16-8-3-4-9-18(16)34-2)24(32)25(33)30(22)26-29-21-17(28)11-15(27)12-19(21)35-26/h3-12,22,31H,1-2H3/b23-20+. The first-order valence-corrected chi connectivity index (χ1v) is 11.4. The number of ketones is 1. The van der Waals surface area contributed by atoms with E-state index in [1.165, 1.54) is 7.11 Å². The minimum atomic E-state index is -1.05. The summed E-state index contributed by atoms with van der Waals surface area (Å²) in [6.45, 7) is 1.85. The molecule has 1 aliphatic heterocycles. The van der Waals surface area contributed by atoms with Gasteiger partial charge in [-0.2, -0.15) is 0 Å². The molecule has 2 heterocycles. The number of aliphatic hydroxyl groups is 1. The van der Waals surface area contributed by atoms with Gasteiger partial charge in [0.15, 0.2) is 10.9 Å². The number of fused-ring (bicyclic) bond motifs is 1. The van der Waals surface area contributed by atoms with E-state index in [-0.39, 0.29) is 26.5 Å². The summed E-state index contributed by atoms with van der Waals surface area (Å²) in [6.07, 6.45) is 0. The number of thiazole rings is 1. The van der Waals surface area contributed by atoms with E-state index >= 15 is 0 Å². The van der Waals surface area contributed by atoms with Crippen LogP contribution in [0.5, 0.6) is 5.75 Å². The summed E-state index contributed by atoms with van der Waals surface area (Å²) in [5.74, 6) is -3.61. The number of ether oxygens (including phenoxy) is 1. The summed E-state index contributed by atoms with van der Waals surface area (Å²) in [5, 5.41) is 11.3. The average molecular weight is 493 g/mol. The molecule has 1 amide bonds. The highest BCUT2D eigenvalue weighted by molar-refractivity contribution is 7.22. The summed E-state index contributed by atoms with van der Waals surface area (Å²) < 4.78 is 33.7. The van der Waals surface area contributed by atoms with Crippen molar-refractivity contribution in [3.8, 4) is 5.75 Å². The number of Topliss-reactive ketones (excluding diaryl/α,β-unsaturated/α-hetero) is 1. The van der Waals surface area contributed by atoms with Crippen LogP contribution in [0.15, 0.2) is 66.2 Å². The molecule has 1 N–H and O–H groups in total. The Morgan fingerprint density at radius 2 is 1.86 bits per heavy atom. The minimum Gasteiger partial charge on any atom is -0.507 e. The maximum atomic E-state index is 14.4. The molecule has 35 heavy (non-hydrogen) atoms. The number of methoxy groups -OCH3 is 1. The summed E-state index contributed by atoms with van der Waals surface area (Å²) in [4.78, 5) is 31.9. The number of nitrogens with zero attached hydrogens (tertiary/aromatic N) is 2. The number of carbonyl (C=O) groups is 2. The van der Waals surface area contributed by atoms with Crippen LogP contribution in [-0.4, -0.2) is 28.9 Å². The fraction of sp³-hybridized carbons (Fsp3) is 0.115. The average Bonchev–Trinajstić information content (AvgIpc) is 3.37. The molecule has 1 fully saturated rings. The zero-order valence-electron chi connectivity index (χ0n) is 18.6. The minimum absolute atomic E-state index is 0.0113. The highest BCUT2D eigenvalue weighted by atomic mass is 32.1. The van der Waals surface area contributed by atoms with Crippen molar-refractivity contribution in [1.29, 1.82) is 0 Å². The Labute approximate surface area is 202 Å². The van der Waals surface area contributed by atoms with Gasteiger partial charge in [0.2, 0.25) is 0 Å². The number of aryl methyl sites for hydroxylation is 1. The molecule has 9 heteroatoms. The summed E-state index contributed by atoms with van der Waals surface area (Å²) in [5.41, 5.74) is 1.38. The van der Waals surface area contributed by atoms with Crippen LogP contribution < -0.4 is 9.64 Å². The number of para-hydroxylation sites is 1. The van der Waals surface area contributed by atoms with E-state index in [1.54, 1.807) is 42.5 Å². The van der Waals surface area contributed by atoms with Gasteiger partial charge in [0, 0.05) is 6.07 Å².